The Labute approximate surface area is 136 Å². The highest BCUT2D eigenvalue weighted by atomic mass is 28.4. The smallest absolute Gasteiger partial charge is 0.373 e. The summed E-state index contributed by atoms with van der Waals surface area (Å²) in [5.41, 5.74) is 0.544. The van der Waals surface area contributed by atoms with Crippen LogP contribution in [0.15, 0.2) is 12.2 Å². The van der Waals surface area contributed by atoms with E-state index in [-0.39, 0.29) is 0 Å². The van der Waals surface area contributed by atoms with Crippen molar-refractivity contribution < 1.29 is 13.3 Å². The van der Waals surface area contributed by atoms with E-state index in [0.29, 0.717) is 5.54 Å². The number of hydrogen-bond donors (Lipinski definition) is 0. The van der Waals surface area contributed by atoms with Crippen LogP contribution >= 0.6 is 0 Å². The molecule has 0 aromatic carbocycles. The zero-order valence-electron chi connectivity index (χ0n) is 14.4. The van der Waals surface area contributed by atoms with Gasteiger partial charge in [0.2, 0.25) is 0 Å². The van der Waals surface area contributed by atoms with Crippen LogP contribution in [0.4, 0.5) is 0 Å². The Morgan fingerprint density at radius 3 is 1.86 bits per heavy atom. The topological polar surface area (TPSA) is 27.7 Å². The van der Waals surface area contributed by atoms with Gasteiger partial charge in [0, 0.05) is 25.4 Å². The SMILES string of the molecule is CCCO[Si](OCCC)(OCCC)C1CC2C3C=CC(C3)C21. The van der Waals surface area contributed by atoms with Gasteiger partial charge in [-0.25, -0.2) is 0 Å². The molecule has 0 amide bonds. The molecule has 0 aromatic heterocycles. The van der Waals surface area contributed by atoms with Crippen molar-refractivity contribution in [3.63, 3.8) is 0 Å². The summed E-state index contributed by atoms with van der Waals surface area (Å²) >= 11 is 0. The van der Waals surface area contributed by atoms with Gasteiger partial charge in [-0.1, -0.05) is 32.9 Å². The molecule has 5 atom stereocenters. The van der Waals surface area contributed by atoms with Gasteiger partial charge in [-0.15, -0.1) is 0 Å². The minimum Gasteiger partial charge on any atom is -0.373 e. The summed E-state index contributed by atoms with van der Waals surface area (Å²) in [4.78, 5) is 0. The first-order valence-electron chi connectivity index (χ1n) is 9.35. The molecule has 0 radical (unpaired) electrons. The van der Waals surface area contributed by atoms with Crippen LogP contribution in [-0.4, -0.2) is 28.6 Å². The Kier molecular flexibility index (Phi) is 5.43. The van der Waals surface area contributed by atoms with Gasteiger partial charge in [0.25, 0.3) is 0 Å². The summed E-state index contributed by atoms with van der Waals surface area (Å²) < 4.78 is 19.1. The summed E-state index contributed by atoms with van der Waals surface area (Å²) in [6.45, 7) is 8.83. The second-order valence-corrected chi connectivity index (χ2v) is 10.00. The molecule has 0 N–H and O–H groups in total. The largest absolute Gasteiger partial charge is 0.504 e. The standard InChI is InChI=1S/C18H32O3Si/c1-4-9-19-22(20-10-5-2,21-11-6-3)17-13-16-14-7-8-15(12-14)18(16)17/h7-8,14-18H,4-6,9-13H2,1-3H3. The normalized spacial score (nSPS) is 35.7. The molecular weight excluding hydrogens is 292 g/mol. The minimum atomic E-state index is -2.53. The minimum absolute atomic E-state index is 0.544. The number of rotatable bonds is 10. The molecule has 5 unspecified atom stereocenters. The second-order valence-electron chi connectivity index (χ2n) is 7.18. The molecule has 126 valence electrons. The molecule has 3 aliphatic rings. The van der Waals surface area contributed by atoms with Gasteiger partial charge in [-0.05, 0) is 55.8 Å². The van der Waals surface area contributed by atoms with E-state index < -0.39 is 8.80 Å². The summed E-state index contributed by atoms with van der Waals surface area (Å²) in [6, 6.07) is 0. The van der Waals surface area contributed by atoms with Crippen LogP contribution in [-0.2, 0) is 13.3 Å². The van der Waals surface area contributed by atoms with Crippen molar-refractivity contribution in [1.82, 2.24) is 0 Å². The zero-order chi connectivity index (χ0) is 15.6. The van der Waals surface area contributed by atoms with E-state index in [9.17, 15) is 0 Å². The van der Waals surface area contributed by atoms with Crippen LogP contribution < -0.4 is 0 Å². The Morgan fingerprint density at radius 1 is 0.818 bits per heavy atom. The summed E-state index contributed by atoms with van der Waals surface area (Å²) in [7, 11) is -2.53. The molecule has 3 rings (SSSR count). The molecule has 0 spiro atoms. The molecule has 2 fully saturated rings. The third-order valence-electron chi connectivity index (χ3n) is 5.66. The Balaban J connectivity index is 1.75. The van der Waals surface area contributed by atoms with Crippen LogP contribution in [0.2, 0.25) is 5.54 Å². The predicted octanol–water partition coefficient (Wildman–Crippen LogP) is 4.42. The van der Waals surface area contributed by atoms with Crippen molar-refractivity contribution in [2.75, 3.05) is 19.8 Å². The lowest BCUT2D eigenvalue weighted by molar-refractivity contribution is 0.00779. The van der Waals surface area contributed by atoms with Crippen molar-refractivity contribution in [2.45, 2.75) is 58.4 Å². The molecule has 4 heteroatoms. The van der Waals surface area contributed by atoms with E-state index >= 15 is 0 Å². The molecule has 0 aromatic rings. The molecular formula is C18H32O3Si. The predicted molar refractivity (Wildman–Crippen MR) is 90.6 cm³/mol. The lowest BCUT2D eigenvalue weighted by Crippen LogP contribution is -2.59. The average Bonchev–Trinajstić information content (AvgIpc) is 3.05. The quantitative estimate of drug-likeness (QED) is 0.440. The maximum atomic E-state index is 6.37. The third-order valence-corrected chi connectivity index (χ3v) is 9.00. The summed E-state index contributed by atoms with van der Waals surface area (Å²) in [5.74, 6) is 3.25. The fourth-order valence-electron chi connectivity index (χ4n) is 4.71. The third kappa shape index (κ3) is 2.83. The fraction of sp³-hybridized carbons (Fsp3) is 0.889. The van der Waals surface area contributed by atoms with Crippen LogP contribution in [0, 0.1) is 23.7 Å². The Bertz CT molecular complexity index is 376. The van der Waals surface area contributed by atoms with Crippen LogP contribution in [0.5, 0.6) is 0 Å². The fourth-order valence-corrected chi connectivity index (χ4v) is 8.59. The number of hydrogen-bond acceptors (Lipinski definition) is 3. The van der Waals surface area contributed by atoms with E-state index in [1.165, 1.54) is 12.8 Å². The zero-order valence-corrected chi connectivity index (χ0v) is 15.4. The number of fused-ring (bicyclic) bond motifs is 5. The van der Waals surface area contributed by atoms with Gasteiger partial charge < -0.3 is 13.3 Å². The molecule has 2 bridgehead atoms. The number of allylic oxidation sites excluding steroid dienone is 2. The van der Waals surface area contributed by atoms with E-state index in [2.05, 4.69) is 32.9 Å². The van der Waals surface area contributed by atoms with E-state index in [1.807, 2.05) is 0 Å². The first-order chi connectivity index (χ1) is 10.8. The molecule has 0 saturated heterocycles. The average molecular weight is 325 g/mol. The lowest BCUT2D eigenvalue weighted by Gasteiger charge is -2.51. The van der Waals surface area contributed by atoms with Crippen molar-refractivity contribution in [3.8, 4) is 0 Å². The van der Waals surface area contributed by atoms with Crippen LogP contribution in [0.3, 0.4) is 0 Å². The highest BCUT2D eigenvalue weighted by molar-refractivity contribution is 6.62. The van der Waals surface area contributed by atoms with Crippen LogP contribution in [0.25, 0.3) is 0 Å². The lowest BCUT2D eigenvalue weighted by atomic mass is 9.67. The molecule has 0 heterocycles. The second kappa shape index (κ2) is 7.16. The molecule has 3 nitrogen and oxygen atoms in total. The van der Waals surface area contributed by atoms with Gasteiger partial charge >= 0.3 is 8.80 Å². The Morgan fingerprint density at radius 2 is 1.36 bits per heavy atom. The van der Waals surface area contributed by atoms with Crippen molar-refractivity contribution in [1.29, 1.82) is 0 Å². The van der Waals surface area contributed by atoms with Gasteiger partial charge in [-0.2, -0.15) is 0 Å². The van der Waals surface area contributed by atoms with Gasteiger partial charge in [-0.3, -0.25) is 0 Å². The Hall–Kier alpha value is -0.163. The van der Waals surface area contributed by atoms with E-state index in [1.54, 1.807) is 0 Å². The summed E-state index contributed by atoms with van der Waals surface area (Å²) in [6.07, 6.45) is 10.6. The molecule has 2 saturated carbocycles. The molecule has 3 aliphatic carbocycles. The van der Waals surface area contributed by atoms with Crippen LogP contribution in [0.1, 0.15) is 52.9 Å². The maximum Gasteiger partial charge on any atom is 0.504 e. The highest BCUT2D eigenvalue weighted by Crippen LogP contribution is 2.66. The van der Waals surface area contributed by atoms with Crippen molar-refractivity contribution in [3.05, 3.63) is 12.2 Å². The van der Waals surface area contributed by atoms with Crippen molar-refractivity contribution in [2.24, 2.45) is 23.7 Å². The van der Waals surface area contributed by atoms with Gasteiger partial charge in [0.15, 0.2) is 0 Å². The summed E-state index contributed by atoms with van der Waals surface area (Å²) in [5, 5.41) is 0. The van der Waals surface area contributed by atoms with Gasteiger partial charge in [0.1, 0.15) is 0 Å². The van der Waals surface area contributed by atoms with Crippen molar-refractivity contribution >= 4 is 8.80 Å². The first kappa shape index (κ1) is 16.7. The van der Waals surface area contributed by atoms with Gasteiger partial charge in [0.05, 0.1) is 0 Å². The highest BCUT2D eigenvalue weighted by Gasteiger charge is 2.66. The van der Waals surface area contributed by atoms with E-state index in [0.717, 1.165) is 62.8 Å². The monoisotopic (exact) mass is 324 g/mol. The molecule has 22 heavy (non-hydrogen) atoms. The first-order valence-corrected chi connectivity index (χ1v) is 11.2. The molecule has 0 aliphatic heterocycles. The van der Waals surface area contributed by atoms with E-state index in [4.69, 9.17) is 13.3 Å². The maximum absolute atomic E-state index is 6.37.